The Morgan fingerprint density at radius 1 is 0.393 bits per heavy atom. The molecule has 1 rings (SSSR count). The number of hydrogen-bond donors (Lipinski definition) is 6. The van der Waals surface area contributed by atoms with Crippen molar-refractivity contribution in [1.29, 1.82) is 0 Å². The fourth-order valence-corrected chi connectivity index (χ4v) is 11.0. The third-order valence-electron chi connectivity index (χ3n) is 16.7. The van der Waals surface area contributed by atoms with E-state index in [-0.39, 0.29) is 12.5 Å². The van der Waals surface area contributed by atoms with Crippen LogP contribution in [-0.4, -0.2) is 87.5 Å². The summed E-state index contributed by atoms with van der Waals surface area (Å²) in [6, 6.07) is -0.837. The van der Waals surface area contributed by atoms with Crippen LogP contribution in [0, 0.1) is 0 Å². The summed E-state index contributed by atoms with van der Waals surface area (Å²) in [7, 11) is 0. The maximum absolute atomic E-state index is 13.1. The van der Waals surface area contributed by atoms with Crippen molar-refractivity contribution in [2.75, 3.05) is 13.2 Å². The first kappa shape index (κ1) is 83.3. The second kappa shape index (κ2) is 67.2. The van der Waals surface area contributed by atoms with Gasteiger partial charge in [0.15, 0.2) is 6.29 Å². The summed E-state index contributed by atoms with van der Waals surface area (Å²) in [5.74, 6) is -0.192. The van der Waals surface area contributed by atoms with E-state index in [2.05, 4.69) is 141 Å². The van der Waals surface area contributed by atoms with Gasteiger partial charge in [-0.15, -0.1) is 0 Å². The number of nitrogens with one attached hydrogen (secondary N) is 1. The van der Waals surface area contributed by atoms with E-state index in [4.69, 9.17) is 9.47 Å². The molecule has 0 aromatic rings. The highest BCUT2D eigenvalue weighted by Gasteiger charge is 2.44. The van der Waals surface area contributed by atoms with Crippen LogP contribution in [0.2, 0.25) is 0 Å². The van der Waals surface area contributed by atoms with Crippen molar-refractivity contribution in [2.24, 2.45) is 0 Å². The predicted molar refractivity (Wildman–Crippen MR) is 382 cm³/mol. The molecular weight excluding hydrogens is 1100 g/mol. The second-order valence-electron chi connectivity index (χ2n) is 25.0. The zero-order chi connectivity index (χ0) is 64.2. The van der Waals surface area contributed by atoms with Gasteiger partial charge in [0.2, 0.25) is 5.91 Å². The molecule has 1 heterocycles. The summed E-state index contributed by atoms with van der Waals surface area (Å²) in [6.45, 7) is 3.67. The van der Waals surface area contributed by atoms with Gasteiger partial charge in [-0.05, 0) is 109 Å². The summed E-state index contributed by atoms with van der Waals surface area (Å²) in [4.78, 5) is 13.1. The largest absolute Gasteiger partial charge is 0.394 e. The molecule has 0 bridgehead atoms. The number of allylic oxidation sites excluding steroid dienone is 21. The van der Waals surface area contributed by atoms with Gasteiger partial charge in [0, 0.05) is 6.42 Å². The van der Waals surface area contributed by atoms with E-state index in [0.29, 0.717) is 6.42 Å². The number of rotatable bonds is 63. The van der Waals surface area contributed by atoms with E-state index in [9.17, 15) is 30.3 Å². The molecular formula is C80H137NO8. The molecule has 0 aromatic heterocycles. The van der Waals surface area contributed by atoms with Crippen molar-refractivity contribution < 1.29 is 39.8 Å². The quantitative estimate of drug-likeness (QED) is 0.0261. The Labute approximate surface area is 547 Å². The fourth-order valence-electron chi connectivity index (χ4n) is 11.0. The molecule has 9 nitrogen and oxygen atoms in total. The first-order valence-electron chi connectivity index (χ1n) is 36.9. The van der Waals surface area contributed by atoms with Crippen LogP contribution in [0.1, 0.15) is 309 Å². The summed E-state index contributed by atoms with van der Waals surface area (Å²) in [5, 5.41) is 54.8. The highest BCUT2D eigenvalue weighted by molar-refractivity contribution is 5.76. The molecule has 0 aliphatic carbocycles. The van der Waals surface area contributed by atoms with Crippen LogP contribution in [0.15, 0.2) is 134 Å². The molecule has 9 heteroatoms. The van der Waals surface area contributed by atoms with Crippen molar-refractivity contribution in [2.45, 2.75) is 352 Å². The standard InChI is InChI=1S/C80H137NO8/c1-3-5-7-9-11-13-15-17-19-21-23-25-27-29-30-31-32-33-34-35-36-37-38-39-40-41-42-43-44-46-48-50-52-54-56-58-60-62-64-66-68-70-76(84)81-73(72-88-80-79(87)78(86)77(85)75(71-82)89-80)74(83)69-67-65-63-61-59-57-55-53-51-49-47-45-28-26-24-22-20-18-16-14-12-10-8-6-4-2/h5,7,11,13,17,19,23,25,29-30,32-33,35-36,38-39,51,53,59,61,67,69,73-75,77-80,82-83,85-87H,3-4,6,8-10,12,14-16,18,20-22,24,26-28,31,34,37,40-50,52,54-58,60,62-66,68,70-72H2,1-2H3,(H,81,84)/b7-5-,13-11-,19-17-,25-23-,30-29-,33-32-,36-35-,39-38-,53-51+,61-59+,69-67+. The lowest BCUT2D eigenvalue weighted by atomic mass is 9.99. The minimum Gasteiger partial charge on any atom is -0.394 e. The van der Waals surface area contributed by atoms with Crippen LogP contribution in [-0.2, 0) is 14.3 Å². The molecule has 0 aromatic carbocycles. The van der Waals surface area contributed by atoms with Gasteiger partial charge >= 0.3 is 0 Å². The third-order valence-corrected chi connectivity index (χ3v) is 16.7. The second-order valence-corrected chi connectivity index (χ2v) is 25.0. The molecule has 0 spiro atoms. The van der Waals surface area contributed by atoms with E-state index < -0.39 is 49.5 Å². The molecule has 0 saturated carbocycles. The van der Waals surface area contributed by atoms with Crippen molar-refractivity contribution in [3.05, 3.63) is 134 Å². The SMILES string of the molecule is CC/C=C\C/C=C\C/C=C\C/C=C\C/C=C\C/C=C\C/C=C\C/C=C\CCCCCCCCCCCCCCCCCCC(=O)NC(COC1OC(CO)C(O)C(O)C1O)C(O)/C=C/CC/C=C/CC/C=C/CCCCCCCCCCCCCCCCC. The van der Waals surface area contributed by atoms with Gasteiger partial charge in [0.25, 0.3) is 0 Å². The summed E-state index contributed by atoms with van der Waals surface area (Å²) >= 11 is 0. The maximum atomic E-state index is 13.1. The Kier molecular flexibility index (Phi) is 63.0. The molecule has 0 radical (unpaired) electrons. The molecule has 1 aliphatic rings. The topological polar surface area (TPSA) is 149 Å². The Morgan fingerprint density at radius 2 is 0.708 bits per heavy atom. The van der Waals surface area contributed by atoms with Crippen LogP contribution in [0.5, 0.6) is 0 Å². The molecule has 6 N–H and O–H groups in total. The summed E-state index contributed by atoms with van der Waals surface area (Å²) in [5.41, 5.74) is 0. The molecule has 89 heavy (non-hydrogen) atoms. The Hall–Kier alpha value is -3.67. The van der Waals surface area contributed by atoms with E-state index in [1.807, 2.05) is 6.08 Å². The monoisotopic (exact) mass is 1240 g/mol. The molecule has 1 saturated heterocycles. The Balaban J connectivity index is 2.13. The van der Waals surface area contributed by atoms with Crippen molar-refractivity contribution >= 4 is 5.91 Å². The van der Waals surface area contributed by atoms with Crippen molar-refractivity contribution in [3.63, 3.8) is 0 Å². The average Bonchev–Trinajstić information content (AvgIpc) is 2.59. The number of carbonyl (C=O) groups is 1. The first-order valence-corrected chi connectivity index (χ1v) is 36.9. The first-order chi connectivity index (χ1) is 43.8. The lowest BCUT2D eigenvalue weighted by Gasteiger charge is -2.40. The van der Waals surface area contributed by atoms with Gasteiger partial charge in [0.1, 0.15) is 24.4 Å². The molecule has 1 fully saturated rings. The third kappa shape index (κ3) is 55.7. The highest BCUT2D eigenvalue weighted by Crippen LogP contribution is 2.23. The van der Waals surface area contributed by atoms with Crippen LogP contribution < -0.4 is 5.32 Å². The lowest BCUT2D eigenvalue weighted by Crippen LogP contribution is -2.60. The zero-order valence-electron chi connectivity index (χ0n) is 57.1. The van der Waals surface area contributed by atoms with Gasteiger partial charge in [-0.3, -0.25) is 4.79 Å². The van der Waals surface area contributed by atoms with Crippen LogP contribution in [0.3, 0.4) is 0 Å². The minimum absolute atomic E-state index is 0.192. The van der Waals surface area contributed by atoms with Gasteiger partial charge in [0.05, 0.1) is 25.4 Å². The molecule has 510 valence electrons. The molecule has 7 atom stereocenters. The van der Waals surface area contributed by atoms with E-state index in [1.54, 1.807) is 6.08 Å². The Bertz CT molecular complexity index is 1870. The number of ether oxygens (including phenoxy) is 2. The summed E-state index contributed by atoms with van der Waals surface area (Å²) in [6.07, 6.45) is 95.7. The molecule has 1 amide bonds. The number of aliphatic hydroxyl groups excluding tert-OH is 5. The van der Waals surface area contributed by atoms with Gasteiger partial charge in [-0.25, -0.2) is 0 Å². The number of aliphatic hydroxyl groups is 5. The number of unbranched alkanes of at least 4 members (excludes halogenated alkanes) is 33. The predicted octanol–water partition coefficient (Wildman–Crippen LogP) is 20.8. The zero-order valence-corrected chi connectivity index (χ0v) is 57.1. The van der Waals surface area contributed by atoms with E-state index in [0.717, 1.165) is 96.3 Å². The van der Waals surface area contributed by atoms with E-state index in [1.165, 1.54) is 193 Å². The van der Waals surface area contributed by atoms with Crippen molar-refractivity contribution in [1.82, 2.24) is 5.32 Å². The van der Waals surface area contributed by atoms with Gasteiger partial charge in [-0.2, -0.15) is 0 Å². The van der Waals surface area contributed by atoms with Gasteiger partial charge in [-0.1, -0.05) is 327 Å². The lowest BCUT2D eigenvalue weighted by molar-refractivity contribution is -0.302. The number of amides is 1. The normalized spacial score (nSPS) is 18.7. The fraction of sp³-hybridized carbons (Fsp3) is 0.713. The van der Waals surface area contributed by atoms with Crippen LogP contribution in [0.25, 0.3) is 0 Å². The number of hydrogen-bond acceptors (Lipinski definition) is 8. The van der Waals surface area contributed by atoms with Crippen molar-refractivity contribution in [3.8, 4) is 0 Å². The van der Waals surface area contributed by atoms with Gasteiger partial charge < -0.3 is 40.3 Å². The minimum atomic E-state index is -1.58. The average molecular weight is 1240 g/mol. The summed E-state index contributed by atoms with van der Waals surface area (Å²) < 4.78 is 11.3. The highest BCUT2D eigenvalue weighted by atomic mass is 16.7. The number of carbonyl (C=O) groups excluding carboxylic acids is 1. The smallest absolute Gasteiger partial charge is 0.220 e. The van der Waals surface area contributed by atoms with E-state index >= 15 is 0 Å². The molecule has 1 aliphatic heterocycles. The Morgan fingerprint density at radius 3 is 1.08 bits per heavy atom. The maximum Gasteiger partial charge on any atom is 0.220 e. The molecule has 7 unspecified atom stereocenters. The van der Waals surface area contributed by atoms with Crippen LogP contribution in [0.4, 0.5) is 0 Å². The van der Waals surface area contributed by atoms with Crippen LogP contribution >= 0.6 is 0 Å².